The number of aliphatic carboxylic acids is 1. The Balaban J connectivity index is 2.92. The zero-order valence-electron chi connectivity index (χ0n) is 11.6. The van der Waals surface area contributed by atoms with Crippen LogP contribution in [0.5, 0.6) is 0 Å². The fourth-order valence-corrected chi connectivity index (χ4v) is 2.14. The van der Waals surface area contributed by atoms with Crippen LogP contribution in [-0.2, 0) is 4.79 Å². The zero-order valence-corrected chi connectivity index (χ0v) is 11.6. The molecule has 1 N–H and O–H groups in total. The predicted octanol–water partition coefficient (Wildman–Crippen LogP) is 5.11. The summed E-state index contributed by atoms with van der Waals surface area (Å²) in [6, 6.07) is 0. The van der Waals surface area contributed by atoms with Crippen molar-refractivity contribution in [3.8, 4) is 0 Å². The number of carbonyl (C=O) groups is 1. The molecular formula is C15H29FO2. The largest absolute Gasteiger partial charge is 0.481 e. The second kappa shape index (κ2) is 14.5. The Morgan fingerprint density at radius 2 is 1.00 bits per heavy atom. The minimum Gasteiger partial charge on any atom is -0.481 e. The van der Waals surface area contributed by atoms with E-state index in [1.54, 1.807) is 0 Å². The molecule has 0 saturated carbocycles. The highest BCUT2D eigenvalue weighted by Gasteiger charge is 1.96. The lowest BCUT2D eigenvalue weighted by Gasteiger charge is -2.02. The molecule has 108 valence electrons. The molecule has 0 rings (SSSR count). The molecule has 0 unspecified atom stereocenters. The van der Waals surface area contributed by atoms with Gasteiger partial charge in [0.25, 0.3) is 0 Å². The number of carboxylic acid groups (broad SMARTS) is 1. The third-order valence-electron chi connectivity index (χ3n) is 3.27. The highest BCUT2D eigenvalue weighted by atomic mass is 19.1. The molecule has 0 fully saturated rings. The van der Waals surface area contributed by atoms with Crippen molar-refractivity contribution in [2.24, 2.45) is 0 Å². The van der Waals surface area contributed by atoms with Gasteiger partial charge in [-0.3, -0.25) is 9.18 Å². The Hall–Kier alpha value is -0.600. The molecule has 2 nitrogen and oxygen atoms in total. The number of unbranched alkanes of at least 4 members (excludes halogenated alkanes) is 11. The molecule has 0 aliphatic rings. The number of carboxylic acids is 1. The van der Waals surface area contributed by atoms with E-state index >= 15 is 0 Å². The van der Waals surface area contributed by atoms with Crippen LogP contribution in [-0.4, -0.2) is 17.8 Å². The summed E-state index contributed by atoms with van der Waals surface area (Å²) in [5.41, 5.74) is 0. The van der Waals surface area contributed by atoms with Gasteiger partial charge < -0.3 is 5.11 Å². The molecule has 0 spiro atoms. The molecule has 0 atom stereocenters. The van der Waals surface area contributed by atoms with Gasteiger partial charge in [0.2, 0.25) is 0 Å². The first-order valence-electron chi connectivity index (χ1n) is 7.55. The second-order valence-electron chi connectivity index (χ2n) is 5.08. The summed E-state index contributed by atoms with van der Waals surface area (Å²) in [5, 5.41) is 8.47. The number of halogens is 1. The minimum absolute atomic E-state index is 0.165. The fourth-order valence-electron chi connectivity index (χ4n) is 2.14. The van der Waals surface area contributed by atoms with E-state index in [2.05, 4.69) is 0 Å². The molecule has 0 aromatic rings. The Kier molecular flexibility index (Phi) is 14.0. The standard InChI is InChI=1S/C15H29FO2/c16-14-12-10-8-6-4-2-1-3-5-7-9-11-13-15(17)18/h1-14H2,(H,17,18). The predicted molar refractivity (Wildman–Crippen MR) is 73.6 cm³/mol. The van der Waals surface area contributed by atoms with Crippen LogP contribution < -0.4 is 0 Å². The zero-order chi connectivity index (χ0) is 13.5. The summed E-state index contributed by atoms with van der Waals surface area (Å²) in [6.45, 7) is -0.165. The van der Waals surface area contributed by atoms with Crippen molar-refractivity contribution in [2.45, 2.75) is 83.5 Å². The average molecular weight is 260 g/mol. The van der Waals surface area contributed by atoms with Crippen LogP contribution in [0.3, 0.4) is 0 Å². The van der Waals surface area contributed by atoms with Crippen molar-refractivity contribution >= 4 is 5.97 Å². The lowest BCUT2D eigenvalue weighted by molar-refractivity contribution is -0.137. The number of alkyl halides is 1. The number of hydrogen-bond acceptors (Lipinski definition) is 1. The van der Waals surface area contributed by atoms with Gasteiger partial charge >= 0.3 is 5.97 Å². The fraction of sp³-hybridized carbons (Fsp3) is 0.933. The van der Waals surface area contributed by atoms with E-state index in [-0.39, 0.29) is 6.67 Å². The Labute approximate surface area is 111 Å². The van der Waals surface area contributed by atoms with E-state index in [9.17, 15) is 9.18 Å². The van der Waals surface area contributed by atoms with Crippen molar-refractivity contribution in [1.29, 1.82) is 0 Å². The van der Waals surface area contributed by atoms with E-state index in [1.807, 2.05) is 0 Å². The molecule has 0 aromatic carbocycles. The molecule has 0 saturated heterocycles. The highest BCUT2D eigenvalue weighted by molar-refractivity contribution is 5.66. The molecule has 0 aromatic heterocycles. The molecule has 18 heavy (non-hydrogen) atoms. The average Bonchev–Trinajstić information content (AvgIpc) is 2.34. The SMILES string of the molecule is O=C(O)CCCCCCCCCCCCCCF. The molecule has 0 aliphatic carbocycles. The summed E-state index contributed by atoms with van der Waals surface area (Å²) in [4.78, 5) is 10.3. The van der Waals surface area contributed by atoms with E-state index < -0.39 is 5.97 Å². The quantitative estimate of drug-likeness (QED) is 0.440. The van der Waals surface area contributed by atoms with Crippen LogP contribution in [0, 0.1) is 0 Å². The smallest absolute Gasteiger partial charge is 0.303 e. The maximum Gasteiger partial charge on any atom is 0.303 e. The summed E-state index contributed by atoms with van der Waals surface area (Å²) < 4.78 is 11.8. The highest BCUT2D eigenvalue weighted by Crippen LogP contribution is 2.12. The molecule has 0 bridgehead atoms. The van der Waals surface area contributed by atoms with Gasteiger partial charge in [0, 0.05) is 6.42 Å². The van der Waals surface area contributed by atoms with Gasteiger partial charge in [-0.15, -0.1) is 0 Å². The van der Waals surface area contributed by atoms with Gasteiger partial charge in [0.15, 0.2) is 0 Å². The maximum atomic E-state index is 11.8. The lowest BCUT2D eigenvalue weighted by Crippen LogP contribution is -1.93. The van der Waals surface area contributed by atoms with Crippen molar-refractivity contribution in [3.63, 3.8) is 0 Å². The number of rotatable bonds is 14. The van der Waals surface area contributed by atoms with E-state index in [0.29, 0.717) is 6.42 Å². The molecular weight excluding hydrogens is 231 g/mol. The van der Waals surface area contributed by atoms with Crippen LogP contribution in [0.15, 0.2) is 0 Å². The summed E-state index contributed by atoms with van der Waals surface area (Å²) in [6.07, 6.45) is 14.0. The monoisotopic (exact) mass is 260 g/mol. The van der Waals surface area contributed by atoms with Gasteiger partial charge in [0.05, 0.1) is 6.67 Å². The normalized spacial score (nSPS) is 10.7. The van der Waals surface area contributed by atoms with Crippen molar-refractivity contribution in [2.75, 3.05) is 6.67 Å². The first kappa shape index (κ1) is 17.4. The molecule has 0 aliphatic heterocycles. The van der Waals surface area contributed by atoms with Crippen LogP contribution in [0.4, 0.5) is 4.39 Å². The minimum atomic E-state index is -0.678. The lowest BCUT2D eigenvalue weighted by atomic mass is 10.0. The molecule has 0 radical (unpaired) electrons. The summed E-state index contributed by atoms with van der Waals surface area (Å²) in [7, 11) is 0. The molecule has 3 heteroatoms. The third kappa shape index (κ3) is 15.4. The Morgan fingerprint density at radius 3 is 1.33 bits per heavy atom. The molecule has 0 amide bonds. The summed E-state index contributed by atoms with van der Waals surface area (Å²) >= 11 is 0. The maximum absolute atomic E-state index is 11.8. The van der Waals surface area contributed by atoms with Crippen LogP contribution in [0.25, 0.3) is 0 Å². The van der Waals surface area contributed by atoms with Gasteiger partial charge in [-0.05, 0) is 12.8 Å². The first-order chi connectivity index (χ1) is 8.77. The van der Waals surface area contributed by atoms with Gasteiger partial charge in [-0.25, -0.2) is 0 Å². The second-order valence-corrected chi connectivity index (χ2v) is 5.08. The van der Waals surface area contributed by atoms with Gasteiger partial charge in [0.1, 0.15) is 0 Å². The number of hydrogen-bond donors (Lipinski definition) is 1. The van der Waals surface area contributed by atoms with Crippen molar-refractivity contribution in [1.82, 2.24) is 0 Å². The van der Waals surface area contributed by atoms with E-state index in [4.69, 9.17) is 5.11 Å². The van der Waals surface area contributed by atoms with Crippen molar-refractivity contribution < 1.29 is 14.3 Å². The van der Waals surface area contributed by atoms with E-state index in [0.717, 1.165) is 25.7 Å². The van der Waals surface area contributed by atoms with E-state index in [1.165, 1.54) is 51.4 Å². The summed E-state index contributed by atoms with van der Waals surface area (Å²) in [5.74, 6) is -0.678. The van der Waals surface area contributed by atoms with Crippen molar-refractivity contribution in [3.05, 3.63) is 0 Å². The van der Waals surface area contributed by atoms with Crippen LogP contribution >= 0.6 is 0 Å². The third-order valence-corrected chi connectivity index (χ3v) is 3.27. The van der Waals surface area contributed by atoms with Crippen LogP contribution in [0.2, 0.25) is 0 Å². The first-order valence-corrected chi connectivity index (χ1v) is 7.55. The van der Waals surface area contributed by atoms with Crippen LogP contribution in [0.1, 0.15) is 83.5 Å². The Bertz CT molecular complexity index is 183. The van der Waals surface area contributed by atoms with Gasteiger partial charge in [-0.2, -0.15) is 0 Å². The Morgan fingerprint density at radius 1 is 0.667 bits per heavy atom. The topological polar surface area (TPSA) is 37.3 Å². The molecule has 0 heterocycles. The van der Waals surface area contributed by atoms with Gasteiger partial charge in [-0.1, -0.05) is 64.2 Å².